The molecule has 9 heteroatoms. The zero-order valence-electron chi connectivity index (χ0n) is 11.7. The van der Waals surface area contributed by atoms with Crippen molar-refractivity contribution >= 4 is 23.4 Å². The predicted octanol–water partition coefficient (Wildman–Crippen LogP) is 1.01. The molecule has 0 aliphatic carbocycles. The van der Waals surface area contributed by atoms with Gasteiger partial charge in [0, 0.05) is 7.11 Å². The summed E-state index contributed by atoms with van der Waals surface area (Å²) in [5, 5.41) is 13.3. The molecule has 0 aromatic carbocycles. The van der Waals surface area contributed by atoms with E-state index in [0.717, 1.165) is 16.0 Å². The molecule has 1 aromatic heterocycles. The van der Waals surface area contributed by atoms with Gasteiger partial charge in [0.1, 0.15) is 17.2 Å². The first-order chi connectivity index (χ1) is 9.21. The minimum atomic E-state index is -1.08. The number of aliphatic carboxylic acids is 1. The third-order valence-electron chi connectivity index (χ3n) is 1.80. The van der Waals surface area contributed by atoms with Crippen molar-refractivity contribution in [2.24, 2.45) is 4.99 Å². The lowest BCUT2D eigenvalue weighted by Gasteiger charge is -2.16. The van der Waals surface area contributed by atoms with E-state index in [-0.39, 0.29) is 18.0 Å². The lowest BCUT2D eigenvalue weighted by molar-refractivity contribution is -0.138. The van der Waals surface area contributed by atoms with Crippen molar-refractivity contribution in [3.05, 3.63) is 9.81 Å². The number of carbonyl (C=O) groups excluding carboxylic acids is 1. The number of aromatic nitrogens is 2. The Hall–Kier alpha value is -1.74. The van der Waals surface area contributed by atoms with E-state index in [1.807, 2.05) is 0 Å². The van der Waals surface area contributed by atoms with Gasteiger partial charge < -0.3 is 14.6 Å². The largest absolute Gasteiger partial charge is 0.480 e. The highest BCUT2D eigenvalue weighted by Crippen LogP contribution is 2.08. The first-order valence-corrected chi connectivity index (χ1v) is 6.58. The first-order valence-electron chi connectivity index (χ1n) is 5.76. The van der Waals surface area contributed by atoms with Crippen LogP contribution in [0.2, 0.25) is 0 Å². The Morgan fingerprint density at radius 1 is 1.45 bits per heavy atom. The fourth-order valence-electron chi connectivity index (χ4n) is 1.21. The first kappa shape index (κ1) is 16.3. The van der Waals surface area contributed by atoms with Crippen LogP contribution in [0.3, 0.4) is 0 Å². The second-order valence-corrected chi connectivity index (χ2v) is 5.90. The van der Waals surface area contributed by atoms with E-state index in [1.165, 1.54) is 7.11 Å². The van der Waals surface area contributed by atoms with Crippen LogP contribution in [-0.2, 0) is 27.4 Å². The summed E-state index contributed by atoms with van der Waals surface area (Å²) in [5.74, 6) is -1.08. The molecule has 1 rings (SSSR count). The SMILES string of the molecule is COCc1nn(CC(=O)O)c(=NC(=O)OC(C)(C)C)s1. The summed E-state index contributed by atoms with van der Waals surface area (Å²) in [6, 6.07) is 0. The van der Waals surface area contributed by atoms with E-state index in [0.29, 0.717) is 5.01 Å². The maximum atomic E-state index is 11.6. The van der Waals surface area contributed by atoms with E-state index >= 15 is 0 Å². The highest BCUT2D eigenvalue weighted by atomic mass is 32.1. The van der Waals surface area contributed by atoms with Gasteiger partial charge in [-0.15, -0.1) is 4.99 Å². The van der Waals surface area contributed by atoms with Gasteiger partial charge in [-0.05, 0) is 20.8 Å². The zero-order valence-corrected chi connectivity index (χ0v) is 12.6. The number of carboxylic acids is 1. The van der Waals surface area contributed by atoms with Crippen LogP contribution >= 0.6 is 11.3 Å². The molecule has 0 fully saturated rings. The van der Waals surface area contributed by atoms with E-state index in [9.17, 15) is 9.59 Å². The van der Waals surface area contributed by atoms with Crippen LogP contribution in [0.4, 0.5) is 4.79 Å². The van der Waals surface area contributed by atoms with Crippen LogP contribution in [0.5, 0.6) is 0 Å². The molecule has 112 valence electrons. The van der Waals surface area contributed by atoms with Crippen molar-refractivity contribution in [2.75, 3.05) is 7.11 Å². The minimum Gasteiger partial charge on any atom is -0.480 e. The number of ether oxygens (including phenoxy) is 2. The molecule has 0 saturated carbocycles. The maximum Gasteiger partial charge on any atom is 0.436 e. The topological polar surface area (TPSA) is 103 Å². The Balaban J connectivity index is 3.07. The van der Waals surface area contributed by atoms with Crippen molar-refractivity contribution in [3.63, 3.8) is 0 Å². The molecule has 0 radical (unpaired) electrons. The second kappa shape index (κ2) is 6.62. The highest BCUT2D eigenvalue weighted by molar-refractivity contribution is 7.08. The van der Waals surface area contributed by atoms with Crippen molar-refractivity contribution in [1.29, 1.82) is 0 Å². The van der Waals surface area contributed by atoms with Gasteiger partial charge in [-0.2, -0.15) is 5.10 Å². The van der Waals surface area contributed by atoms with E-state index < -0.39 is 17.7 Å². The lowest BCUT2D eigenvalue weighted by atomic mass is 10.2. The smallest absolute Gasteiger partial charge is 0.436 e. The standard InChI is InChI=1S/C11H17N3O5S/c1-11(2,3)19-10(17)12-9-14(5-8(15)16)13-7(20-9)6-18-4/h5-6H2,1-4H3,(H,15,16). The molecule has 1 N–H and O–H groups in total. The number of carbonyl (C=O) groups is 2. The van der Waals surface area contributed by atoms with Crippen LogP contribution in [0.25, 0.3) is 0 Å². The Labute approximate surface area is 119 Å². The van der Waals surface area contributed by atoms with Crippen molar-refractivity contribution < 1.29 is 24.2 Å². The van der Waals surface area contributed by atoms with Gasteiger partial charge in [0.15, 0.2) is 0 Å². The summed E-state index contributed by atoms with van der Waals surface area (Å²) in [4.78, 5) is 26.3. The van der Waals surface area contributed by atoms with Gasteiger partial charge in [0.25, 0.3) is 0 Å². The van der Waals surface area contributed by atoms with Crippen molar-refractivity contribution in [1.82, 2.24) is 9.78 Å². The molecule has 0 aliphatic rings. The van der Waals surface area contributed by atoms with Gasteiger partial charge >= 0.3 is 12.1 Å². The Bertz CT molecular complexity index is 555. The molecule has 0 unspecified atom stereocenters. The normalized spacial score (nSPS) is 12.5. The summed E-state index contributed by atoms with van der Waals surface area (Å²) >= 11 is 1.08. The van der Waals surface area contributed by atoms with Crippen LogP contribution in [0, 0.1) is 0 Å². The number of hydrogen-bond acceptors (Lipinski definition) is 6. The molecule has 1 heterocycles. The molecule has 1 amide bonds. The fraction of sp³-hybridized carbons (Fsp3) is 0.636. The monoisotopic (exact) mass is 303 g/mol. The molecule has 0 bridgehead atoms. The minimum absolute atomic E-state index is 0.161. The van der Waals surface area contributed by atoms with Crippen LogP contribution in [-0.4, -0.2) is 39.7 Å². The average Bonchev–Trinajstić information content (AvgIpc) is 2.57. The summed E-state index contributed by atoms with van der Waals surface area (Å²) in [5.41, 5.74) is -0.668. The Morgan fingerprint density at radius 3 is 2.60 bits per heavy atom. The van der Waals surface area contributed by atoms with E-state index in [2.05, 4.69) is 10.1 Å². The van der Waals surface area contributed by atoms with Gasteiger partial charge in [0.2, 0.25) is 4.80 Å². The van der Waals surface area contributed by atoms with E-state index in [4.69, 9.17) is 14.6 Å². The number of carboxylic acid groups (broad SMARTS) is 1. The molecule has 0 spiro atoms. The van der Waals surface area contributed by atoms with E-state index in [1.54, 1.807) is 20.8 Å². The molecule has 8 nitrogen and oxygen atoms in total. The zero-order chi connectivity index (χ0) is 15.3. The van der Waals surface area contributed by atoms with Crippen LogP contribution < -0.4 is 4.80 Å². The molecule has 0 saturated heterocycles. The molecule has 1 aromatic rings. The average molecular weight is 303 g/mol. The van der Waals surface area contributed by atoms with Gasteiger partial charge in [-0.3, -0.25) is 4.79 Å². The quantitative estimate of drug-likeness (QED) is 0.890. The van der Waals surface area contributed by atoms with Gasteiger partial charge in [-0.25, -0.2) is 9.48 Å². The van der Waals surface area contributed by atoms with Crippen molar-refractivity contribution in [2.45, 2.75) is 39.5 Å². The Kier molecular flexibility index (Phi) is 5.40. The molecular weight excluding hydrogens is 286 g/mol. The fourth-order valence-corrected chi connectivity index (χ4v) is 2.07. The molecule has 0 atom stereocenters. The van der Waals surface area contributed by atoms with Gasteiger partial charge in [-0.1, -0.05) is 11.3 Å². The summed E-state index contributed by atoms with van der Waals surface area (Å²) in [6.07, 6.45) is -0.788. The van der Waals surface area contributed by atoms with Crippen molar-refractivity contribution in [3.8, 4) is 0 Å². The lowest BCUT2D eigenvalue weighted by Crippen LogP contribution is -2.26. The number of hydrogen-bond donors (Lipinski definition) is 1. The third kappa shape index (κ3) is 5.49. The summed E-state index contributed by atoms with van der Waals surface area (Å²) in [6.45, 7) is 4.98. The maximum absolute atomic E-state index is 11.6. The number of amides is 1. The summed E-state index contributed by atoms with van der Waals surface area (Å²) in [7, 11) is 1.49. The summed E-state index contributed by atoms with van der Waals surface area (Å²) < 4.78 is 11.1. The highest BCUT2D eigenvalue weighted by Gasteiger charge is 2.16. The number of methoxy groups -OCH3 is 1. The number of rotatable bonds is 4. The van der Waals surface area contributed by atoms with Gasteiger partial charge in [0.05, 0.1) is 6.61 Å². The van der Waals surface area contributed by atoms with Crippen LogP contribution in [0.1, 0.15) is 25.8 Å². The molecular formula is C11H17N3O5S. The second-order valence-electron chi connectivity index (χ2n) is 4.85. The number of nitrogens with zero attached hydrogens (tertiary/aromatic N) is 3. The molecule has 0 aliphatic heterocycles. The van der Waals surface area contributed by atoms with Crippen LogP contribution in [0.15, 0.2) is 4.99 Å². The third-order valence-corrected chi connectivity index (χ3v) is 2.72. The predicted molar refractivity (Wildman–Crippen MR) is 70.2 cm³/mol. The Morgan fingerprint density at radius 2 is 2.10 bits per heavy atom. The molecule has 20 heavy (non-hydrogen) atoms.